The molecular formula is C17H18O2. The van der Waals surface area contributed by atoms with E-state index in [0.29, 0.717) is 5.56 Å². The highest BCUT2D eigenvalue weighted by Crippen LogP contribution is 2.17. The van der Waals surface area contributed by atoms with Gasteiger partial charge in [-0.15, -0.1) is 0 Å². The van der Waals surface area contributed by atoms with Crippen molar-refractivity contribution in [1.29, 1.82) is 0 Å². The van der Waals surface area contributed by atoms with Crippen LogP contribution in [0.5, 0.6) is 0 Å². The molecule has 0 spiro atoms. The summed E-state index contributed by atoms with van der Waals surface area (Å²) in [5.74, 6) is -0.172. The molecule has 0 aromatic heterocycles. The van der Waals surface area contributed by atoms with Crippen LogP contribution in [0.4, 0.5) is 0 Å². The lowest BCUT2D eigenvalue weighted by molar-refractivity contribution is -0.126. The number of aliphatic hydroxyl groups excluding tert-OH is 1. The molecule has 0 aliphatic heterocycles. The summed E-state index contributed by atoms with van der Waals surface area (Å²) >= 11 is 0. The van der Waals surface area contributed by atoms with Crippen LogP contribution in [0.1, 0.15) is 28.4 Å². The van der Waals surface area contributed by atoms with E-state index in [-0.39, 0.29) is 12.2 Å². The normalized spacial score (nSPS) is 12.2. The summed E-state index contributed by atoms with van der Waals surface area (Å²) < 4.78 is 0. The number of Topliss-reactive ketones (excluding diaryl/α,β-unsaturated/α-hetero) is 1. The average Bonchev–Trinajstić information content (AvgIpc) is 2.43. The zero-order valence-corrected chi connectivity index (χ0v) is 11.3. The molecule has 0 saturated heterocycles. The summed E-state index contributed by atoms with van der Waals surface area (Å²) in [6, 6.07) is 15.0. The third-order valence-electron chi connectivity index (χ3n) is 3.37. The van der Waals surface area contributed by atoms with Crippen LogP contribution < -0.4 is 0 Å². The van der Waals surface area contributed by atoms with Gasteiger partial charge in [-0.2, -0.15) is 0 Å². The molecule has 2 rings (SSSR count). The van der Waals surface area contributed by atoms with Crippen LogP contribution in [0.15, 0.2) is 48.5 Å². The highest BCUT2D eigenvalue weighted by Gasteiger charge is 2.17. The first-order valence-electron chi connectivity index (χ1n) is 6.40. The van der Waals surface area contributed by atoms with Crippen molar-refractivity contribution in [2.75, 3.05) is 0 Å². The van der Waals surface area contributed by atoms with Crippen molar-refractivity contribution < 1.29 is 9.90 Å². The third kappa shape index (κ3) is 3.30. The van der Waals surface area contributed by atoms with Crippen molar-refractivity contribution >= 4 is 5.78 Å². The number of hydrogen-bond acceptors (Lipinski definition) is 2. The summed E-state index contributed by atoms with van der Waals surface area (Å²) in [6.45, 7) is 4.07. The second-order valence-corrected chi connectivity index (χ2v) is 4.87. The van der Waals surface area contributed by atoms with E-state index in [2.05, 4.69) is 0 Å². The molecule has 0 aliphatic rings. The number of carbonyl (C=O) groups is 1. The molecule has 1 atom stereocenters. The SMILES string of the molecule is Cc1ccc(CC(=O)C(O)c2ccccc2)cc1C. The Labute approximate surface area is 113 Å². The Balaban J connectivity index is 2.10. The zero-order chi connectivity index (χ0) is 13.8. The summed E-state index contributed by atoms with van der Waals surface area (Å²) in [4.78, 5) is 12.1. The predicted octanol–water partition coefficient (Wildman–Crippen LogP) is 3.15. The van der Waals surface area contributed by atoms with Gasteiger partial charge in [-0.25, -0.2) is 0 Å². The molecule has 0 radical (unpaired) electrons. The minimum absolute atomic E-state index is 0.172. The van der Waals surface area contributed by atoms with Gasteiger partial charge >= 0.3 is 0 Å². The predicted molar refractivity (Wildman–Crippen MR) is 76.0 cm³/mol. The Morgan fingerprint density at radius 2 is 1.74 bits per heavy atom. The second-order valence-electron chi connectivity index (χ2n) is 4.87. The smallest absolute Gasteiger partial charge is 0.170 e. The van der Waals surface area contributed by atoms with E-state index in [4.69, 9.17) is 0 Å². The molecule has 0 saturated carbocycles. The Hall–Kier alpha value is -1.93. The molecule has 2 aromatic carbocycles. The number of aliphatic hydroxyl groups is 1. The fourth-order valence-electron chi connectivity index (χ4n) is 2.03. The minimum atomic E-state index is -1.04. The highest BCUT2D eigenvalue weighted by molar-refractivity contribution is 5.86. The van der Waals surface area contributed by atoms with Crippen LogP contribution in [0.3, 0.4) is 0 Å². The van der Waals surface area contributed by atoms with Crippen LogP contribution in [-0.2, 0) is 11.2 Å². The van der Waals surface area contributed by atoms with Crippen LogP contribution in [-0.4, -0.2) is 10.9 Å². The molecule has 0 aliphatic carbocycles. The van der Waals surface area contributed by atoms with E-state index in [0.717, 1.165) is 5.56 Å². The van der Waals surface area contributed by atoms with Crippen LogP contribution >= 0.6 is 0 Å². The van der Waals surface area contributed by atoms with Crippen molar-refractivity contribution in [3.05, 3.63) is 70.8 Å². The first-order chi connectivity index (χ1) is 9.08. The lowest BCUT2D eigenvalue weighted by Gasteiger charge is -2.10. The van der Waals surface area contributed by atoms with E-state index in [1.807, 2.05) is 50.2 Å². The van der Waals surface area contributed by atoms with Gasteiger partial charge < -0.3 is 5.11 Å². The summed E-state index contributed by atoms with van der Waals surface area (Å²) in [6.07, 6.45) is -0.778. The van der Waals surface area contributed by atoms with E-state index in [9.17, 15) is 9.90 Å². The number of benzene rings is 2. The van der Waals surface area contributed by atoms with Crippen molar-refractivity contribution in [1.82, 2.24) is 0 Å². The summed E-state index contributed by atoms with van der Waals surface area (Å²) in [5.41, 5.74) is 3.97. The standard InChI is InChI=1S/C17H18O2/c1-12-8-9-14(10-13(12)2)11-16(18)17(19)15-6-4-3-5-7-15/h3-10,17,19H,11H2,1-2H3. The van der Waals surface area contributed by atoms with Gasteiger partial charge in [0, 0.05) is 6.42 Å². The topological polar surface area (TPSA) is 37.3 Å². The average molecular weight is 254 g/mol. The van der Waals surface area contributed by atoms with Gasteiger partial charge in [-0.05, 0) is 36.1 Å². The molecule has 2 aromatic rings. The van der Waals surface area contributed by atoms with Crippen molar-refractivity contribution in [3.8, 4) is 0 Å². The van der Waals surface area contributed by atoms with E-state index in [1.165, 1.54) is 11.1 Å². The van der Waals surface area contributed by atoms with Crippen molar-refractivity contribution in [2.45, 2.75) is 26.4 Å². The maximum Gasteiger partial charge on any atom is 0.170 e. The quantitative estimate of drug-likeness (QED) is 0.910. The largest absolute Gasteiger partial charge is 0.381 e. The Bertz CT molecular complexity index is 573. The fourth-order valence-corrected chi connectivity index (χ4v) is 2.03. The molecule has 1 N–H and O–H groups in total. The number of carbonyl (C=O) groups excluding carboxylic acids is 1. The van der Waals surface area contributed by atoms with Gasteiger partial charge in [0.25, 0.3) is 0 Å². The summed E-state index contributed by atoms with van der Waals surface area (Å²) in [5, 5.41) is 10.0. The van der Waals surface area contributed by atoms with Crippen molar-refractivity contribution in [3.63, 3.8) is 0 Å². The van der Waals surface area contributed by atoms with Crippen LogP contribution in [0.2, 0.25) is 0 Å². The molecule has 0 heterocycles. The van der Waals surface area contributed by atoms with E-state index < -0.39 is 6.10 Å². The Morgan fingerprint density at radius 1 is 1.05 bits per heavy atom. The molecule has 0 amide bonds. The molecule has 98 valence electrons. The Kier molecular flexibility index (Phi) is 4.13. The highest BCUT2D eigenvalue weighted by atomic mass is 16.3. The first kappa shape index (κ1) is 13.5. The van der Waals surface area contributed by atoms with E-state index >= 15 is 0 Å². The molecule has 0 fully saturated rings. The summed E-state index contributed by atoms with van der Waals surface area (Å²) in [7, 11) is 0. The maximum absolute atomic E-state index is 12.1. The van der Waals surface area contributed by atoms with Crippen LogP contribution in [0.25, 0.3) is 0 Å². The maximum atomic E-state index is 12.1. The molecule has 2 nitrogen and oxygen atoms in total. The van der Waals surface area contributed by atoms with Gasteiger partial charge in [0.15, 0.2) is 5.78 Å². The van der Waals surface area contributed by atoms with Crippen molar-refractivity contribution in [2.24, 2.45) is 0 Å². The first-order valence-corrected chi connectivity index (χ1v) is 6.40. The lowest BCUT2D eigenvalue weighted by atomic mass is 9.98. The second kappa shape index (κ2) is 5.81. The number of ketones is 1. The lowest BCUT2D eigenvalue weighted by Crippen LogP contribution is -2.14. The van der Waals surface area contributed by atoms with Gasteiger partial charge in [0.1, 0.15) is 6.10 Å². The minimum Gasteiger partial charge on any atom is -0.381 e. The van der Waals surface area contributed by atoms with E-state index in [1.54, 1.807) is 12.1 Å². The number of hydrogen-bond donors (Lipinski definition) is 1. The number of aryl methyl sites for hydroxylation is 2. The monoisotopic (exact) mass is 254 g/mol. The van der Waals surface area contributed by atoms with Crippen LogP contribution in [0, 0.1) is 13.8 Å². The molecule has 1 unspecified atom stereocenters. The fraction of sp³-hybridized carbons (Fsp3) is 0.235. The zero-order valence-electron chi connectivity index (χ0n) is 11.3. The van der Waals surface area contributed by atoms with Gasteiger partial charge in [0.2, 0.25) is 0 Å². The Morgan fingerprint density at radius 3 is 2.37 bits per heavy atom. The molecule has 19 heavy (non-hydrogen) atoms. The third-order valence-corrected chi connectivity index (χ3v) is 3.37. The van der Waals surface area contributed by atoms with Gasteiger partial charge in [0.05, 0.1) is 0 Å². The molecular weight excluding hydrogens is 236 g/mol. The molecule has 2 heteroatoms. The van der Waals surface area contributed by atoms with Gasteiger partial charge in [-0.3, -0.25) is 4.79 Å². The van der Waals surface area contributed by atoms with Gasteiger partial charge in [-0.1, -0.05) is 48.5 Å². The molecule has 0 bridgehead atoms. The number of rotatable bonds is 4.